The number of carbonyl (C=O) groups excluding carboxylic acids is 1. The topological polar surface area (TPSA) is 57.6 Å². The van der Waals surface area contributed by atoms with Gasteiger partial charge in [0.2, 0.25) is 5.91 Å². The lowest BCUT2D eigenvalue weighted by Gasteiger charge is -2.33. The third kappa shape index (κ3) is 1.88. The molecule has 2 aliphatic rings. The molecule has 1 aliphatic heterocycles. The van der Waals surface area contributed by atoms with Gasteiger partial charge in [-0.1, -0.05) is 24.3 Å². The van der Waals surface area contributed by atoms with Crippen LogP contribution in [0.1, 0.15) is 29.9 Å². The third-order valence-corrected chi connectivity index (χ3v) is 3.73. The molecule has 1 saturated carbocycles. The van der Waals surface area contributed by atoms with Crippen molar-refractivity contribution in [2.75, 3.05) is 6.54 Å². The Morgan fingerprint density at radius 3 is 2.61 bits per heavy atom. The van der Waals surface area contributed by atoms with Crippen LogP contribution in [-0.2, 0) is 16.1 Å². The van der Waals surface area contributed by atoms with Gasteiger partial charge in [-0.15, -0.1) is 0 Å². The van der Waals surface area contributed by atoms with E-state index in [0.29, 0.717) is 13.1 Å². The highest BCUT2D eigenvalue weighted by molar-refractivity contribution is 5.84. The molecule has 0 saturated heterocycles. The molecule has 1 heterocycles. The SMILES string of the molecule is O=C(O)C1CN(C(=O)C2CC2)Cc2ccccc21. The summed E-state index contributed by atoms with van der Waals surface area (Å²) in [6.45, 7) is 0.858. The Morgan fingerprint density at radius 2 is 1.94 bits per heavy atom. The number of hydrogen-bond donors (Lipinski definition) is 1. The van der Waals surface area contributed by atoms with Crippen LogP contribution in [0.15, 0.2) is 24.3 Å². The number of carboxylic acid groups (broad SMARTS) is 1. The molecule has 1 aromatic rings. The largest absolute Gasteiger partial charge is 0.481 e. The average molecular weight is 245 g/mol. The second-order valence-electron chi connectivity index (χ2n) is 5.08. The number of carboxylic acids is 1. The van der Waals surface area contributed by atoms with E-state index in [0.717, 1.165) is 24.0 Å². The van der Waals surface area contributed by atoms with Crippen molar-refractivity contribution in [3.8, 4) is 0 Å². The first-order valence-corrected chi connectivity index (χ1v) is 6.26. The first-order chi connectivity index (χ1) is 8.66. The molecule has 1 aromatic carbocycles. The fourth-order valence-electron chi connectivity index (χ4n) is 2.57. The van der Waals surface area contributed by atoms with Crippen LogP contribution in [0, 0.1) is 5.92 Å². The van der Waals surface area contributed by atoms with Gasteiger partial charge in [0.05, 0.1) is 5.92 Å². The maximum absolute atomic E-state index is 12.1. The van der Waals surface area contributed by atoms with Crippen LogP contribution in [0.4, 0.5) is 0 Å². The van der Waals surface area contributed by atoms with Crippen LogP contribution in [0.5, 0.6) is 0 Å². The first-order valence-electron chi connectivity index (χ1n) is 6.26. The van der Waals surface area contributed by atoms with Crippen LogP contribution in [0.25, 0.3) is 0 Å². The van der Waals surface area contributed by atoms with Crippen LogP contribution in [-0.4, -0.2) is 28.4 Å². The summed E-state index contributed by atoms with van der Waals surface area (Å²) in [6.07, 6.45) is 1.91. The second kappa shape index (κ2) is 4.12. The van der Waals surface area contributed by atoms with E-state index < -0.39 is 11.9 Å². The Labute approximate surface area is 105 Å². The minimum absolute atomic E-state index is 0.121. The van der Waals surface area contributed by atoms with E-state index in [2.05, 4.69) is 0 Å². The van der Waals surface area contributed by atoms with Gasteiger partial charge in [-0.2, -0.15) is 0 Å². The highest BCUT2D eigenvalue weighted by Gasteiger charge is 2.38. The number of hydrogen-bond acceptors (Lipinski definition) is 2. The van der Waals surface area contributed by atoms with Gasteiger partial charge in [-0.25, -0.2) is 0 Å². The van der Waals surface area contributed by atoms with Crippen molar-refractivity contribution in [3.63, 3.8) is 0 Å². The zero-order chi connectivity index (χ0) is 12.7. The lowest BCUT2D eigenvalue weighted by molar-refractivity contribution is -0.141. The fourth-order valence-corrected chi connectivity index (χ4v) is 2.57. The summed E-state index contributed by atoms with van der Waals surface area (Å²) in [4.78, 5) is 25.1. The molecule has 1 N–H and O–H groups in total. The highest BCUT2D eigenvalue weighted by atomic mass is 16.4. The van der Waals surface area contributed by atoms with Crippen LogP contribution in [0.2, 0.25) is 0 Å². The quantitative estimate of drug-likeness (QED) is 0.861. The molecule has 4 heteroatoms. The molecule has 3 rings (SSSR count). The molecule has 94 valence electrons. The Kier molecular flexibility index (Phi) is 2.58. The molecular weight excluding hydrogens is 230 g/mol. The number of carbonyl (C=O) groups is 2. The number of aliphatic carboxylic acids is 1. The van der Waals surface area contributed by atoms with E-state index in [1.54, 1.807) is 4.90 Å². The van der Waals surface area contributed by atoms with Crippen molar-refractivity contribution in [1.29, 1.82) is 0 Å². The highest BCUT2D eigenvalue weighted by Crippen LogP contribution is 2.35. The van der Waals surface area contributed by atoms with Crippen molar-refractivity contribution in [1.82, 2.24) is 4.90 Å². The maximum atomic E-state index is 12.1. The summed E-state index contributed by atoms with van der Waals surface area (Å²) < 4.78 is 0. The summed E-state index contributed by atoms with van der Waals surface area (Å²) in [7, 11) is 0. The first kappa shape index (κ1) is 11.3. The number of fused-ring (bicyclic) bond motifs is 1. The molecule has 1 unspecified atom stereocenters. The van der Waals surface area contributed by atoms with Gasteiger partial charge in [0.15, 0.2) is 0 Å². The summed E-state index contributed by atoms with van der Waals surface area (Å²) >= 11 is 0. The lowest BCUT2D eigenvalue weighted by Crippen LogP contribution is -2.41. The Hall–Kier alpha value is -1.84. The summed E-state index contributed by atoms with van der Waals surface area (Å²) in [6, 6.07) is 7.51. The molecule has 0 bridgehead atoms. The predicted molar refractivity (Wildman–Crippen MR) is 65.0 cm³/mol. The van der Waals surface area contributed by atoms with Gasteiger partial charge in [0.1, 0.15) is 0 Å². The van der Waals surface area contributed by atoms with Gasteiger partial charge >= 0.3 is 5.97 Å². The van der Waals surface area contributed by atoms with Gasteiger partial charge in [0, 0.05) is 19.0 Å². The molecule has 1 aliphatic carbocycles. The normalized spacial score (nSPS) is 22.4. The summed E-state index contributed by atoms with van der Waals surface area (Å²) in [5, 5.41) is 9.30. The van der Waals surface area contributed by atoms with E-state index in [9.17, 15) is 14.7 Å². The minimum Gasteiger partial charge on any atom is -0.481 e. The summed E-state index contributed by atoms with van der Waals surface area (Å²) in [5.74, 6) is -1.17. The van der Waals surface area contributed by atoms with E-state index in [-0.39, 0.29) is 11.8 Å². The van der Waals surface area contributed by atoms with Gasteiger partial charge in [0.25, 0.3) is 0 Å². The molecule has 1 amide bonds. The van der Waals surface area contributed by atoms with Crippen LogP contribution in [0.3, 0.4) is 0 Å². The molecule has 0 radical (unpaired) electrons. The Bertz CT molecular complexity index is 508. The standard InChI is InChI=1S/C14H15NO3/c16-13(9-5-6-9)15-7-10-3-1-2-4-11(10)12(8-15)14(17)18/h1-4,9,12H,5-8H2,(H,17,18). The van der Waals surface area contributed by atoms with Crippen molar-refractivity contribution in [2.45, 2.75) is 25.3 Å². The third-order valence-electron chi connectivity index (χ3n) is 3.73. The lowest BCUT2D eigenvalue weighted by atomic mass is 9.89. The van der Waals surface area contributed by atoms with E-state index in [4.69, 9.17) is 0 Å². The monoisotopic (exact) mass is 245 g/mol. The number of rotatable bonds is 2. The predicted octanol–water partition coefficient (Wildman–Crippen LogP) is 1.61. The van der Waals surface area contributed by atoms with Crippen molar-refractivity contribution < 1.29 is 14.7 Å². The van der Waals surface area contributed by atoms with Gasteiger partial charge < -0.3 is 10.0 Å². The van der Waals surface area contributed by atoms with E-state index in [1.807, 2.05) is 24.3 Å². The number of amides is 1. The molecule has 0 spiro atoms. The van der Waals surface area contributed by atoms with Crippen LogP contribution >= 0.6 is 0 Å². The number of nitrogens with zero attached hydrogens (tertiary/aromatic N) is 1. The van der Waals surface area contributed by atoms with Crippen molar-refractivity contribution in [3.05, 3.63) is 35.4 Å². The number of benzene rings is 1. The molecular formula is C14H15NO3. The van der Waals surface area contributed by atoms with Crippen LogP contribution < -0.4 is 0 Å². The molecule has 1 atom stereocenters. The zero-order valence-electron chi connectivity index (χ0n) is 10.0. The Morgan fingerprint density at radius 1 is 1.22 bits per heavy atom. The van der Waals surface area contributed by atoms with Gasteiger partial charge in [-0.3, -0.25) is 9.59 Å². The minimum atomic E-state index is -0.851. The van der Waals surface area contributed by atoms with Gasteiger partial charge in [-0.05, 0) is 24.0 Å². The summed E-state index contributed by atoms with van der Waals surface area (Å²) in [5.41, 5.74) is 1.81. The molecule has 0 aromatic heterocycles. The maximum Gasteiger partial charge on any atom is 0.312 e. The Balaban J connectivity index is 1.91. The zero-order valence-corrected chi connectivity index (χ0v) is 10.0. The molecule has 18 heavy (non-hydrogen) atoms. The van der Waals surface area contributed by atoms with Crippen molar-refractivity contribution in [2.24, 2.45) is 5.92 Å². The van der Waals surface area contributed by atoms with Crippen molar-refractivity contribution >= 4 is 11.9 Å². The van der Waals surface area contributed by atoms with E-state index >= 15 is 0 Å². The molecule has 1 fully saturated rings. The average Bonchev–Trinajstić information content (AvgIpc) is 3.20. The fraction of sp³-hybridized carbons (Fsp3) is 0.429. The molecule has 4 nitrogen and oxygen atoms in total. The second-order valence-corrected chi connectivity index (χ2v) is 5.08. The van der Waals surface area contributed by atoms with E-state index in [1.165, 1.54) is 0 Å². The smallest absolute Gasteiger partial charge is 0.312 e.